The standard InChI is InChI=1S/C10H10.CHN/c1-2-6-10-8-4-3-7-9(10)5-1;1-2/h1-3,5-7H,4,8H2;1H. The van der Waals surface area contributed by atoms with Gasteiger partial charge in [0.25, 0.3) is 0 Å². The van der Waals surface area contributed by atoms with Crippen LogP contribution in [0.25, 0.3) is 6.08 Å². The highest BCUT2D eigenvalue weighted by Crippen LogP contribution is 2.17. The molecule has 0 bridgehead atoms. The summed E-state index contributed by atoms with van der Waals surface area (Å²) in [6, 6.07) is 8.58. The summed E-state index contributed by atoms with van der Waals surface area (Å²) in [4.78, 5) is 0. The molecule has 0 radical (unpaired) electrons. The molecule has 0 fully saturated rings. The third kappa shape index (κ3) is 1.73. The lowest BCUT2D eigenvalue weighted by Gasteiger charge is -2.07. The molecule has 1 nitrogen and oxygen atoms in total. The number of benzene rings is 1. The maximum absolute atomic E-state index is 6.50. The Labute approximate surface area is 73.0 Å². The van der Waals surface area contributed by atoms with Crippen LogP contribution in [0.1, 0.15) is 17.5 Å². The van der Waals surface area contributed by atoms with Gasteiger partial charge in [-0.15, -0.1) is 0 Å². The predicted octanol–water partition coefficient (Wildman–Crippen LogP) is 2.79. The van der Waals surface area contributed by atoms with Crippen LogP contribution in [0, 0.1) is 11.8 Å². The molecule has 0 aliphatic heterocycles. The Hall–Kier alpha value is -1.55. The van der Waals surface area contributed by atoms with Crippen LogP contribution in [0.4, 0.5) is 0 Å². The summed E-state index contributed by atoms with van der Waals surface area (Å²) < 4.78 is 0. The van der Waals surface area contributed by atoms with Crippen molar-refractivity contribution >= 4 is 6.08 Å². The Bertz CT molecular complexity index is 297. The maximum Gasteiger partial charge on any atom is 0.0462 e. The van der Waals surface area contributed by atoms with E-state index in [1.54, 1.807) is 0 Å². The lowest BCUT2D eigenvalue weighted by Crippen LogP contribution is -1.91. The number of nitrogens with zero attached hydrogens (tertiary/aromatic N) is 1. The number of nitriles is 1. The smallest absolute Gasteiger partial charge is 0.0462 e. The first-order chi connectivity index (χ1) is 5.97. The van der Waals surface area contributed by atoms with Crippen LogP contribution < -0.4 is 0 Å². The Morgan fingerprint density at radius 2 is 1.92 bits per heavy atom. The van der Waals surface area contributed by atoms with E-state index in [4.69, 9.17) is 5.26 Å². The predicted molar refractivity (Wildman–Crippen MR) is 50.5 cm³/mol. The first-order valence-electron chi connectivity index (χ1n) is 3.97. The van der Waals surface area contributed by atoms with Gasteiger partial charge in [-0.3, -0.25) is 0 Å². The minimum absolute atomic E-state index is 1.21. The Morgan fingerprint density at radius 1 is 1.17 bits per heavy atom. The number of hydrogen-bond acceptors (Lipinski definition) is 1. The Balaban J connectivity index is 0.000000336. The lowest BCUT2D eigenvalue weighted by atomic mass is 9.98. The molecule has 1 aliphatic carbocycles. The van der Waals surface area contributed by atoms with Crippen molar-refractivity contribution in [3.05, 3.63) is 41.5 Å². The van der Waals surface area contributed by atoms with Crippen molar-refractivity contribution in [1.82, 2.24) is 0 Å². The van der Waals surface area contributed by atoms with Crippen LogP contribution in [0.3, 0.4) is 0 Å². The molecule has 0 heterocycles. The molecule has 0 spiro atoms. The van der Waals surface area contributed by atoms with E-state index >= 15 is 0 Å². The summed E-state index contributed by atoms with van der Waals surface area (Å²) in [7, 11) is 0. The first-order valence-corrected chi connectivity index (χ1v) is 3.97. The molecule has 1 aromatic rings. The fraction of sp³-hybridized carbons (Fsp3) is 0.182. The van der Waals surface area contributed by atoms with Crippen molar-refractivity contribution in [1.29, 1.82) is 5.26 Å². The van der Waals surface area contributed by atoms with Crippen LogP contribution in [-0.4, -0.2) is 0 Å². The van der Waals surface area contributed by atoms with E-state index in [0.29, 0.717) is 0 Å². The number of allylic oxidation sites excluding steroid dienone is 1. The molecule has 0 saturated carbocycles. The van der Waals surface area contributed by atoms with E-state index in [2.05, 4.69) is 43.0 Å². The van der Waals surface area contributed by atoms with Crippen LogP contribution in [0.5, 0.6) is 0 Å². The fourth-order valence-electron chi connectivity index (χ4n) is 1.37. The molecular weight excluding hydrogens is 146 g/mol. The third-order valence-electron chi connectivity index (χ3n) is 1.93. The molecule has 60 valence electrons. The van der Waals surface area contributed by atoms with E-state index in [1.807, 2.05) is 0 Å². The molecule has 0 atom stereocenters. The summed E-state index contributed by atoms with van der Waals surface area (Å²) >= 11 is 0. The number of rotatable bonds is 0. The number of hydrogen-bond donors (Lipinski definition) is 0. The summed E-state index contributed by atoms with van der Waals surface area (Å²) in [5.74, 6) is 0. The zero-order valence-corrected chi connectivity index (χ0v) is 6.90. The van der Waals surface area contributed by atoms with Crippen molar-refractivity contribution in [3.8, 4) is 6.57 Å². The normalized spacial score (nSPS) is 12.5. The lowest BCUT2D eigenvalue weighted by molar-refractivity contribution is 0.986. The monoisotopic (exact) mass is 157 g/mol. The SMILES string of the molecule is C#N.C1=Cc2ccccc2CC1. The topological polar surface area (TPSA) is 23.8 Å². The summed E-state index contributed by atoms with van der Waals surface area (Å²) in [6.45, 7) is 3.50. The second-order valence-electron chi connectivity index (χ2n) is 2.64. The van der Waals surface area contributed by atoms with Gasteiger partial charge in [0.2, 0.25) is 0 Å². The molecule has 0 aromatic heterocycles. The minimum Gasteiger partial charge on any atom is -0.202 e. The Kier molecular flexibility index (Phi) is 3.10. The van der Waals surface area contributed by atoms with Crippen LogP contribution in [0.15, 0.2) is 30.3 Å². The molecule has 0 unspecified atom stereocenters. The molecule has 0 N–H and O–H groups in total. The van der Waals surface area contributed by atoms with Crippen LogP contribution in [0.2, 0.25) is 0 Å². The van der Waals surface area contributed by atoms with Gasteiger partial charge >= 0.3 is 0 Å². The fourth-order valence-corrected chi connectivity index (χ4v) is 1.37. The van der Waals surface area contributed by atoms with E-state index in [-0.39, 0.29) is 0 Å². The quantitative estimate of drug-likeness (QED) is 0.568. The molecule has 1 aliphatic rings. The average molecular weight is 157 g/mol. The number of aryl methyl sites for hydroxylation is 1. The van der Waals surface area contributed by atoms with Crippen molar-refractivity contribution in [3.63, 3.8) is 0 Å². The van der Waals surface area contributed by atoms with Gasteiger partial charge in [0.05, 0.1) is 0 Å². The van der Waals surface area contributed by atoms with E-state index in [0.717, 1.165) is 0 Å². The largest absolute Gasteiger partial charge is 0.202 e. The van der Waals surface area contributed by atoms with Gasteiger partial charge in [-0.1, -0.05) is 36.4 Å². The summed E-state index contributed by atoms with van der Waals surface area (Å²) in [5, 5.41) is 6.50. The van der Waals surface area contributed by atoms with Gasteiger partial charge in [-0.2, -0.15) is 0 Å². The highest BCUT2D eigenvalue weighted by molar-refractivity contribution is 5.55. The highest BCUT2D eigenvalue weighted by Gasteiger charge is 2.00. The first kappa shape index (κ1) is 8.55. The van der Waals surface area contributed by atoms with Gasteiger partial charge in [-0.05, 0) is 24.0 Å². The summed E-state index contributed by atoms with van der Waals surface area (Å²) in [5.41, 5.74) is 2.89. The zero-order chi connectivity index (χ0) is 8.81. The van der Waals surface area contributed by atoms with Crippen LogP contribution >= 0.6 is 0 Å². The molecule has 0 amide bonds. The van der Waals surface area contributed by atoms with E-state index in [9.17, 15) is 0 Å². The average Bonchev–Trinajstić information content (AvgIpc) is 2.21. The van der Waals surface area contributed by atoms with Crippen molar-refractivity contribution in [2.24, 2.45) is 0 Å². The molecule has 1 heteroatoms. The van der Waals surface area contributed by atoms with Gasteiger partial charge in [0.1, 0.15) is 0 Å². The highest BCUT2D eigenvalue weighted by atomic mass is 14.2. The second kappa shape index (κ2) is 4.35. The Morgan fingerprint density at radius 3 is 2.67 bits per heavy atom. The zero-order valence-electron chi connectivity index (χ0n) is 6.90. The van der Waals surface area contributed by atoms with Crippen molar-refractivity contribution in [2.75, 3.05) is 0 Å². The third-order valence-corrected chi connectivity index (χ3v) is 1.93. The second-order valence-corrected chi connectivity index (χ2v) is 2.64. The van der Waals surface area contributed by atoms with E-state index < -0.39 is 0 Å². The minimum atomic E-state index is 1.21. The molecule has 1 aromatic carbocycles. The van der Waals surface area contributed by atoms with Crippen molar-refractivity contribution in [2.45, 2.75) is 12.8 Å². The maximum atomic E-state index is 6.50. The summed E-state index contributed by atoms with van der Waals surface area (Å²) in [6.07, 6.45) is 6.87. The van der Waals surface area contributed by atoms with Gasteiger partial charge in [-0.25, -0.2) is 5.26 Å². The van der Waals surface area contributed by atoms with E-state index in [1.165, 1.54) is 24.0 Å². The molecule has 0 saturated heterocycles. The van der Waals surface area contributed by atoms with Gasteiger partial charge < -0.3 is 0 Å². The molecular formula is C11H11N. The van der Waals surface area contributed by atoms with Crippen LogP contribution in [-0.2, 0) is 6.42 Å². The molecule has 12 heavy (non-hydrogen) atoms. The van der Waals surface area contributed by atoms with Gasteiger partial charge in [0, 0.05) is 6.57 Å². The molecule has 2 rings (SSSR count). The van der Waals surface area contributed by atoms with Gasteiger partial charge in [0.15, 0.2) is 0 Å². The number of fused-ring (bicyclic) bond motifs is 1. The van der Waals surface area contributed by atoms with Crippen molar-refractivity contribution < 1.29 is 0 Å².